The summed E-state index contributed by atoms with van der Waals surface area (Å²) in [5.41, 5.74) is 1.23. The number of carbonyl (C=O) groups excluding carboxylic acids is 3. The summed E-state index contributed by atoms with van der Waals surface area (Å²) in [7, 11) is 1.60. The normalized spacial score (nSPS) is 26.7. The largest absolute Gasteiger partial charge is 0.496 e. The van der Waals surface area contributed by atoms with E-state index in [1.54, 1.807) is 18.1 Å². The highest BCUT2D eigenvalue weighted by atomic mass is 16.5. The van der Waals surface area contributed by atoms with Crippen LogP contribution in [0.2, 0.25) is 0 Å². The number of methoxy groups -OCH3 is 1. The molecule has 0 bridgehead atoms. The van der Waals surface area contributed by atoms with Crippen LogP contribution < -0.4 is 10.1 Å². The molecule has 1 aromatic heterocycles. The van der Waals surface area contributed by atoms with Gasteiger partial charge >= 0.3 is 0 Å². The number of aromatic nitrogens is 1. The van der Waals surface area contributed by atoms with E-state index >= 15 is 0 Å². The standard InChI is InChI=1S/C29H36N4O4/c1-37-27-12-6-10-23-22(27)15-24(32-23)29(36)33-17-20-9-3-2-7-18(20)14-25(33)28(35)31-21(16-30)13-19-8-4-5-11-26(19)34/h6,10,12,15,18-21,25,32H,2-5,7-9,11,13-14,17H2,1H3,(H,31,35)/t18-,19+,20+,21+,25+/m1/s1. The third kappa shape index (κ3) is 5.22. The zero-order chi connectivity index (χ0) is 25.9. The van der Waals surface area contributed by atoms with Crippen molar-refractivity contribution in [3.8, 4) is 11.8 Å². The van der Waals surface area contributed by atoms with E-state index < -0.39 is 12.1 Å². The maximum absolute atomic E-state index is 13.8. The average molecular weight is 505 g/mol. The average Bonchev–Trinajstić information content (AvgIpc) is 3.37. The number of amides is 2. The lowest BCUT2D eigenvalue weighted by atomic mass is 9.72. The third-order valence-corrected chi connectivity index (χ3v) is 8.71. The molecule has 3 fully saturated rings. The van der Waals surface area contributed by atoms with Crippen molar-refractivity contribution in [3.63, 3.8) is 0 Å². The molecular formula is C29H36N4O4. The minimum atomic E-state index is -0.738. The quantitative estimate of drug-likeness (QED) is 0.607. The molecule has 0 unspecified atom stereocenters. The Hall–Kier alpha value is -3.34. The molecule has 8 heteroatoms. The number of likely N-dealkylation sites (tertiary alicyclic amines) is 1. The van der Waals surface area contributed by atoms with Gasteiger partial charge in [-0.3, -0.25) is 14.4 Å². The van der Waals surface area contributed by atoms with E-state index in [1.807, 2.05) is 18.2 Å². The van der Waals surface area contributed by atoms with Crippen LogP contribution in [0.1, 0.15) is 74.7 Å². The molecule has 2 saturated carbocycles. The number of hydrogen-bond donors (Lipinski definition) is 2. The molecule has 5 atom stereocenters. The number of nitrogens with one attached hydrogen (secondary N) is 2. The minimum absolute atomic E-state index is 0.174. The number of ketones is 1. The van der Waals surface area contributed by atoms with Crippen molar-refractivity contribution in [1.82, 2.24) is 15.2 Å². The van der Waals surface area contributed by atoms with Gasteiger partial charge in [0.25, 0.3) is 5.91 Å². The maximum Gasteiger partial charge on any atom is 0.270 e. The van der Waals surface area contributed by atoms with E-state index in [9.17, 15) is 19.6 Å². The number of fused-ring (bicyclic) bond motifs is 2. The number of H-pyrrole nitrogens is 1. The number of piperidine rings is 1. The van der Waals surface area contributed by atoms with Gasteiger partial charge in [-0.05, 0) is 62.1 Å². The molecule has 3 aliphatic rings. The first kappa shape index (κ1) is 25.3. The second-order valence-corrected chi connectivity index (χ2v) is 11.0. The number of carbonyl (C=O) groups is 3. The van der Waals surface area contributed by atoms with Crippen LogP contribution in [0, 0.1) is 29.1 Å². The van der Waals surface area contributed by atoms with Crippen molar-refractivity contribution in [2.24, 2.45) is 17.8 Å². The smallest absolute Gasteiger partial charge is 0.270 e. The van der Waals surface area contributed by atoms with E-state index in [0.717, 1.165) is 55.8 Å². The Balaban J connectivity index is 1.37. The van der Waals surface area contributed by atoms with Gasteiger partial charge in [0.05, 0.1) is 13.2 Å². The summed E-state index contributed by atoms with van der Waals surface area (Å²) in [6.07, 6.45) is 8.58. The van der Waals surface area contributed by atoms with E-state index in [1.165, 1.54) is 0 Å². The number of benzene rings is 1. The maximum atomic E-state index is 13.8. The Morgan fingerprint density at radius 3 is 2.73 bits per heavy atom. The topological polar surface area (TPSA) is 115 Å². The summed E-state index contributed by atoms with van der Waals surface area (Å²) in [6.45, 7) is 0.534. The lowest BCUT2D eigenvalue weighted by Gasteiger charge is -2.45. The number of aromatic amines is 1. The molecule has 0 spiro atoms. The first-order chi connectivity index (χ1) is 18.0. The Morgan fingerprint density at radius 2 is 1.97 bits per heavy atom. The van der Waals surface area contributed by atoms with Crippen LogP contribution in [0.25, 0.3) is 10.9 Å². The van der Waals surface area contributed by atoms with Crippen LogP contribution in [0.4, 0.5) is 0 Å². The fraction of sp³-hybridized carbons (Fsp3) is 0.586. The molecule has 1 saturated heterocycles. The lowest BCUT2D eigenvalue weighted by Crippen LogP contribution is -2.58. The lowest BCUT2D eigenvalue weighted by molar-refractivity contribution is -0.130. The summed E-state index contributed by atoms with van der Waals surface area (Å²) in [5, 5.41) is 13.5. The summed E-state index contributed by atoms with van der Waals surface area (Å²) in [6, 6.07) is 8.24. The molecule has 1 aromatic carbocycles. The van der Waals surface area contributed by atoms with Crippen molar-refractivity contribution >= 4 is 28.5 Å². The SMILES string of the molecule is COc1cccc2[nH]c(C(=O)N3C[C@@H]4CCCC[C@@H]4C[C@H]3C(=O)N[C@H](C#N)C[C@@H]3CCCCC3=O)cc12. The van der Waals surface area contributed by atoms with E-state index in [-0.39, 0.29) is 23.5 Å². The fourth-order valence-corrected chi connectivity index (χ4v) is 6.68. The highest BCUT2D eigenvalue weighted by Gasteiger charge is 2.43. The molecule has 196 valence electrons. The van der Waals surface area contributed by atoms with Gasteiger partial charge in [-0.25, -0.2) is 0 Å². The molecule has 37 heavy (non-hydrogen) atoms. The van der Waals surface area contributed by atoms with Crippen LogP contribution in [0.15, 0.2) is 24.3 Å². The van der Waals surface area contributed by atoms with Gasteiger partial charge in [0.1, 0.15) is 29.3 Å². The van der Waals surface area contributed by atoms with Gasteiger partial charge < -0.3 is 19.9 Å². The Labute approximate surface area is 217 Å². The van der Waals surface area contributed by atoms with Gasteiger partial charge in [-0.15, -0.1) is 0 Å². The number of rotatable bonds is 6. The van der Waals surface area contributed by atoms with Crippen molar-refractivity contribution in [2.45, 2.75) is 76.3 Å². The number of ether oxygens (including phenoxy) is 1. The highest BCUT2D eigenvalue weighted by molar-refractivity contribution is 6.01. The molecule has 8 nitrogen and oxygen atoms in total. The second-order valence-electron chi connectivity index (χ2n) is 11.0. The van der Waals surface area contributed by atoms with Gasteiger partial charge in [0.15, 0.2) is 0 Å². The molecular weight excluding hydrogens is 468 g/mol. The molecule has 2 aromatic rings. The fourth-order valence-electron chi connectivity index (χ4n) is 6.68. The Bertz CT molecular complexity index is 1210. The summed E-state index contributed by atoms with van der Waals surface area (Å²) < 4.78 is 5.46. The van der Waals surface area contributed by atoms with Crippen molar-refractivity contribution < 1.29 is 19.1 Å². The van der Waals surface area contributed by atoms with E-state index in [4.69, 9.17) is 4.74 Å². The first-order valence-corrected chi connectivity index (χ1v) is 13.7. The molecule has 2 amide bonds. The van der Waals surface area contributed by atoms with Crippen LogP contribution in [0.3, 0.4) is 0 Å². The monoisotopic (exact) mass is 504 g/mol. The zero-order valence-electron chi connectivity index (χ0n) is 21.5. The van der Waals surface area contributed by atoms with Crippen LogP contribution in [-0.2, 0) is 9.59 Å². The predicted octanol–water partition coefficient (Wildman–Crippen LogP) is 4.36. The van der Waals surface area contributed by atoms with Gasteiger partial charge in [-0.2, -0.15) is 5.26 Å². The molecule has 0 radical (unpaired) electrons. The first-order valence-electron chi connectivity index (χ1n) is 13.7. The molecule has 2 aliphatic carbocycles. The number of Topliss-reactive ketones (excluding diaryl/α,β-unsaturated/α-hetero) is 1. The predicted molar refractivity (Wildman–Crippen MR) is 139 cm³/mol. The third-order valence-electron chi connectivity index (χ3n) is 8.71. The molecule has 5 rings (SSSR count). The van der Waals surface area contributed by atoms with E-state index in [2.05, 4.69) is 16.4 Å². The van der Waals surface area contributed by atoms with Crippen molar-refractivity contribution in [1.29, 1.82) is 5.26 Å². The van der Waals surface area contributed by atoms with Crippen LogP contribution in [0.5, 0.6) is 5.75 Å². The zero-order valence-corrected chi connectivity index (χ0v) is 21.5. The van der Waals surface area contributed by atoms with Crippen molar-refractivity contribution in [2.75, 3.05) is 13.7 Å². The molecule has 2 N–H and O–H groups in total. The van der Waals surface area contributed by atoms with Gasteiger partial charge in [-0.1, -0.05) is 31.7 Å². The minimum Gasteiger partial charge on any atom is -0.496 e. The number of hydrogen-bond acceptors (Lipinski definition) is 5. The summed E-state index contributed by atoms with van der Waals surface area (Å²) >= 11 is 0. The van der Waals surface area contributed by atoms with Crippen LogP contribution in [-0.4, -0.2) is 53.2 Å². The number of nitriles is 1. The Morgan fingerprint density at radius 1 is 1.19 bits per heavy atom. The summed E-state index contributed by atoms with van der Waals surface area (Å²) in [5.74, 6) is 0.979. The van der Waals surface area contributed by atoms with Gasteiger partial charge in [0.2, 0.25) is 5.91 Å². The molecule has 1 aliphatic heterocycles. The van der Waals surface area contributed by atoms with Crippen LogP contribution >= 0.6 is 0 Å². The molecule has 2 heterocycles. The second kappa shape index (κ2) is 11.0. The Kier molecular flexibility index (Phi) is 7.50. The summed E-state index contributed by atoms with van der Waals surface area (Å²) in [4.78, 5) is 44.7. The number of nitrogens with zero attached hydrogens (tertiary/aromatic N) is 2. The van der Waals surface area contributed by atoms with Gasteiger partial charge in [0, 0.05) is 29.8 Å². The van der Waals surface area contributed by atoms with Crippen molar-refractivity contribution in [3.05, 3.63) is 30.0 Å². The highest BCUT2D eigenvalue weighted by Crippen LogP contribution is 2.39. The van der Waals surface area contributed by atoms with E-state index in [0.29, 0.717) is 49.1 Å².